The molecular weight excluding hydrogens is 186 g/mol. The molecule has 0 aromatic rings. The summed E-state index contributed by atoms with van der Waals surface area (Å²) in [6.07, 6.45) is 0.791. The van der Waals surface area contributed by atoms with Gasteiger partial charge in [-0.15, -0.1) is 0 Å². The molecule has 0 fully saturated rings. The van der Waals surface area contributed by atoms with Crippen molar-refractivity contribution in [2.24, 2.45) is 0 Å². The van der Waals surface area contributed by atoms with Crippen molar-refractivity contribution in [3.63, 3.8) is 0 Å². The van der Waals surface area contributed by atoms with Crippen LogP contribution in [0.25, 0.3) is 0 Å². The van der Waals surface area contributed by atoms with Gasteiger partial charge in [0, 0.05) is 23.7 Å². The summed E-state index contributed by atoms with van der Waals surface area (Å²) < 4.78 is 0. The fraction of sp³-hybridized carbons (Fsp3) is 1.00. The molecule has 2 unspecified atom stereocenters. The van der Waals surface area contributed by atoms with Crippen LogP contribution in [0.1, 0.15) is 20.3 Å². The van der Waals surface area contributed by atoms with Gasteiger partial charge in [0.05, 0.1) is 6.61 Å². The Morgan fingerprint density at radius 3 is 2.54 bits per heavy atom. The van der Waals surface area contributed by atoms with Crippen LogP contribution >= 0.6 is 11.8 Å². The first-order chi connectivity index (χ1) is 6.24. The molecular formula is C9H21NO2S. The van der Waals surface area contributed by atoms with Crippen LogP contribution in [0.2, 0.25) is 0 Å². The van der Waals surface area contributed by atoms with Crippen LogP contribution in [-0.4, -0.2) is 47.0 Å². The highest BCUT2D eigenvalue weighted by Crippen LogP contribution is 2.12. The molecule has 0 amide bonds. The molecule has 0 aliphatic heterocycles. The predicted octanol–water partition coefficient (Wildman–Crippen LogP) is 0.461. The van der Waals surface area contributed by atoms with Crippen LogP contribution in [0.15, 0.2) is 0 Å². The van der Waals surface area contributed by atoms with E-state index in [-0.39, 0.29) is 13.2 Å². The van der Waals surface area contributed by atoms with Crippen molar-refractivity contribution in [2.45, 2.75) is 31.6 Å². The van der Waals surface area contributed by atoms with Crippen LogP contribution in [0.3, 0.4) is 0 Å². The molecule has 3 nitrogen and oxygen atoms in total. The molecule has 0 aliphatic carbocycles. The van der Waals surface area contributed by atoms with Crippen LogP contribution in [0.4, 0.5) is 0 Å². The second-order valence-corrected chi connectivity index (χ2v) is 4.56. The summed E-state index contributed by atoms with van der Waals surface area (Å²) in [5, 5.41) is 21.2. The van der Waals surface area contributed by atoms with Crippen LogP contribution in [0, 0.1) is 0 Å². The lowest BCUT2D eigenvalue weighted by molar-refractivity contribution is 0.270. The third kappa shape index (κ3) is 7.31. The maximum absolute atomic E-state index is 8.82. The molecule has 0 radical (unpaired) electrons. The van der Waals surface area contributed by atoms with Gasteiger partial charge in [-0.3, -0.25) is 0 Å². The second-order valence-electron chi connectivity index (χ2n) is 3.09. The molecule has 80 valence electrons. The number of hydrogen-bond donors (Lipinski definition) is 3. The zero-order valence-electron chi connectivity index (χ0n) is 8.49. The average molecular weight is 207 g/mol. The van der Waals surface area contributed by atoms with Crippen molar-refractivity contribution >= 4 is 11.8 Å². The molecule has 13 heavy (non-hydrogen) atoms. The van der Waals surface area contributed by atoms with Gasteiger partial charge in [-0.1, -0.05) is 13.8 Å². The van der Waals surface area contributed by atoms with Crippen LogP contribution in [-0.2, 0) is 0 Å². The fourth-order valence-corrected chi connectivity index (χ4v) is 1.97. The van der Waals surface area contributed by atoms with E-state index in [1.165, 1.54) is 0 Å². The highest BCUT2D eigenvalue weighted by Gasteiger charge is 2.08. The van der Waals surface area contributed by atoms with Crippen molar-refractivity contribution in [1.29, 1.82) is 0 Å². The molecule has 0 heterocycles. The third-order valence-corrected chi connectivity index (χ3v) is 3.12. The van der Waals surface area contributed by atoms with E-state index in [1.54, 1.807) is 11.8 Å². The Labute approximate surface area is 84.9 Å². The lowest BCUT2D eigenvalue weighted by Crippen LogP contribution is -2.32. The highest BCUT2D eigenvalue weighted by molar-refractivity contribution is 7.99. The molecule has 0 bridgehead atoms. The topological polar surface area (TPSA) is 52.5 Å². The van der Waals surface area contributed by atoms with Gasteiger partial charge in [0.1, 0.15) is 0 Å². The average Bonchev–Trinajstić information content (AvgIpc) is 2.14. The van der Waals surface area contributed by atoms with Gasteiger partial charge in [0.15, 0.2) is 0 Å². The van der Waals surface area contributed by atoms with E-state index in [1.807, 2.05) is 6.92 Å². The third-order valence-electron chi connectivity index (χ3n) is 1.81. The minimum atomic E-state index is 0.225. The van der Waals surface area contributed by atoms with Gasteiger partial charge >= 0.3 is 0 Å². The zero-order chi connectivity index (χ0) is 10.1. The summed E-state index contributed by atoms with van der Waals surface area (Å²) in [7, 11) is 0. The molecule has 4 heteroatoms. The maximum atomic E-state index is 8.82. The Morgan fingerprint density at radius 2 is 2.08 bits per heavy atom. The summed E-state index contributed by atoms with van der Waals surface area (Å²) in [6.45, 7) is 5.45. The van der Waals surface area contributed by atoms with E-state index >= 15 is 0 Å². The minimum absolute atomic E-state index is 0.225. The Balaban J connectivity index is 3.55. The zero-order valence-corrected chi connectivity index (χ0v) is 9.31. The minimum Gasteiger partial charge on any atom is -0.396 e. The number of hydrogen-bond acceptors (Lipinski definition) is 4. The monoisotopic (exact) mass is 207 g/mol. The maximum Gasteiger partial charge on any atom is 0.0547 e. The molecule has 0 saturated carbocycles. The van der Waals surface area contributed by atoms with E-state index in [4.69, 9.17) is 10.2 Å². The number of nitrogens with one attached hydrogen (secondary N) is 1. The van der Waals surface area contributed by atoms with E-state index in [0.717, 1.165) is 18.7 Å². The van der Waals surface area contributed by atoms with Crippen molar-refractivity contribution in [1.82, 2.24) is 5.32 Å². The molecule has 0 aromatic heterocycles. The standard InChI is InChI=1S/C9H21NO2S/c1-3-10-9(4-5-11)7-13-8(2)6-12/h8-12H,3-7H2,1-2H3. The molecule has 2 atom stereocenters. The first-order valence-electron chi connectivity index (χ1n) is 4.81. The number of aliphatic hydroxyl groups is 2. The van der Waals surface area contributed by atoms with Gasteiger partial charge < -0.3 is 15.5 Å². The van der Waals surface area contributed by atoms with Gasteiger partial charge in [-0.25, -0.2) is 0 Å². The predicted molar refractivity (Wildman–Crippen MR) is 58.2 cm³/mol. The molecule has 0 rings (SSSR count). The summed E-state index contributed by atoms with van der Waals surface area (Å²) in [4.78, 5) is 0. The summed E-state index contributed by atoms with van der Waals surface area (Å²) in [6, 6.07) is 0.369. The van der Waals surface area contributed by atoms with Crippen molar-refractivity contribution in [3.8, 4) is 0 Å². The Kier molecular flexibility index (Phi) is 8.97. The summed E-state index contributed by atoms with van der Waals surface area (Å²) in [5.41, 5.74) is 0. The van der Waals surface area contributed by atoms with E-state index in [0.29, 0.717) is 11.3 Å². The summed E-state index contributed by atoms with van der Waals surface area (Å²) in [5.74, 6) is 0.954. The van der Waals surface area contributed by atoms with Gasteiger partial charge in [-0.2, -0.15) is 11.8 Å². The van der Waals surface area contributed by atoms with Crippen molar-refractivity contribution in [3.05, 3.63) is 0 Å². The van der Waals surface area contributed by atoms with E-state index in [2.05, 4.69) is 12.2 Å². The smallest absolute Gasteiger partial charge is 0.0547 e. The SMILES string of the molecule is CCNC(CCO)CSC(C)CO. The lowest BCUT2D eigenvalue weighted by Gasteiger charge is -2.17. The normalized spacial score (nSPS) is 15.7. The van der Waals surface area contributed by atoms with E-state index < -0.39 is 0 Å². The number of aliphatic hydroxyl groups excluding tert-OH is 2. The van der Waals surface area contributed by atoms with Gasteiger partial charge in [-0.05, 0) is 13.0 Å². The molecule has 0 aliphatic rings. The largest absolute Gasteiger partial charge is 0.396 e. The molecule has 0 spiro atoms. The van der Waals surface area contributed by atoms with Crippen molar-refractivity contribution in [2.75, 3.05) is 25.5 Å². The lowest BCUT2D eigenvalue weighted by atomic mass is 10.2. The first kappa shape index (κ1) is 13.2. The van der Waals surface area contributed by atoms with Gasteiger partial charge in [0.25, 0.3) is 0 Å². The summed E-state index contributed by atoms with van der Waals surface area (Å²) >= 11 is 1.74. The van der Waals surface area contributed by atoms with Crippen molar-refractivity contribution < 1.29 is 10.2 Å². The Morgan fingerprint density at radius 1 is 1.38 bits per heavy atom. The fourth-order valence-electron chi connectivity index (χ4n) is 1.02. The Hall–Kier alpha value is 0.230. The number of thioether (sulfide) groups is 1. The molecule has 0 aromatic carbocycles. The van der Waals surface area contributed by atoms with Gasteiger partial charge in [0.2, 0.25) is 0 Å². The molecule has 3 N–H and O–H groups in total. The second kappa shape index (κ2) is 8.81. The van der Waals surface area contributed by atoms with Crippen LogP contribution in [0.5, 0.6) is 0 Å². The molecule has 0 saturated heterocycles. The number of rotatable bonds is 8. The van der Waals surface area contributed by atoms with E-state index in [9.17, 15) is 0 Å². The highest BCUT2D eigenvalue weighted by atomic mass is 32.2. The van der Waals surface area contributed by atoms with Crippen LogP contribution < -0.4 is 5.32 Å². The quantitative estimate of drug-likeness (QED) is 0.541. The Bertz CT molecular complexity index is 108. The first-order valence-corrected chi connectivity index (χ1v) is 5.86.